The monoisotopic (exact) mass is 310 g/mol. The van der Waals surface area contributed by atoms with Crippen LogP contribution in [-0.4, -0.2) is 22.0 Å². The highest BCUT2D eigenvalue weighted by Crippen LogP contribution is 2.28. The Kier molecular flexibility index (Phi) is 4.80. The molecule has 108 valence electrons. The van der Waals surface area contributed by atoms with Crippen LogP contribution in [0.2, 0.25) is 0 Å². The summed E-state index contributed by atoms with van der Waals surface area (Å²) in [6.07, 6.45) is 0. The highest BCUT2D eigenvalue weighted by atomic mass is 32.2. The molecule has 1 heterocycles. The van der Waals surface area contributed by atoms with Crippen molar-refractivity contribution in [2.45, 2.75) is 18.4 Å². The summed E-state index contributed by atoms with van der Waals surface area (Å²) in [5.74, 6) is 0. The van der Waals surface area contributed by atoms with E-state index < -0.39 is 10.0 Å². The van der Waals surface area contributed by atoms with Crippen LogP contribution >= 0.6 is 11.3 Å². The second-order valence-corrected chi connectivity index (χ2v) is 7.08. The molecule has 0 saturated carbocycles. The van der Waals surface area contributed by atoms with Gasteiger partial charge in [-0.25, -0.2) is 8.42 Å². The van der Waals surface area contributed by atoms with E-state index in [0.717, 1.165) is 4.88 Å². The van der Waals surface area contributed by atoms with Crippen molar-refractivity contribution in [1.82, 2.24) is 5.32 Å². The molecule has 6 heteroatoms. The molecule has 0 spiro atoms. The minimum Gasteiger partial charge on any atom is -0.315 e. The van der Waals surface area contributed by atoms with Crippen LogP contribution in [0.15, 0.2) is 46.7 Å². The fraction of sp³-hybridized carbons (Fsp3) is 0.286. The fourth-order valence-electron chi connectivity index (χ4n) is 2.05. The summed E-state index contributed by atoms with van der Waals surface area (Å²) in [4.78, 5) is 1.23. The predicted molar refractivity (Wildman–Crippen MR) is 83.7 cm³/mol. The average molecular weight is 310 g/mol. The van der Waals surface area contributed by atoms with Gasteiger partial charge in [0.2, 0.25) is 0 Å². The highest BCUT2D eigenvalue weighted by Gasteiger charge is 2.26. The molecular formula is C14H18N2O2S2. The molecule has 0 atom stereocenters. The summed E-state index contributed by atoms with van der Waals surface area (Å²) in [7, 11) is -1.70. The first-order valence-corrected chi connectivity index (χ1v) is 8.72. The van der Waals surface area contributed by atoms with Crippen LogP contribution in [0.4, 0.5) is 5.69 Å². The van der Waals surface area contributed by atoms with E-state index in [9.17, 15) is 8.42 Å². The maximum Gasteiger partial charge on any atom is 0.265 e. The van der Waals surface area contributed by atoms with Crippen molar-refractivity contribution in [3.8, 4) is 0 Å². The van der Waals surface area contributed by atoms with E-state index in [2.05, 4.69) is 5.32 Å². The molecule has 0 bridgehead atoms. The van der Waals surface area contributed by atoms with Gasteiger partial charge >= 0.3 is 0 Å². The van der Waals surface area contributed by atoms with Crippen LogP contribution in [0.1, 0.15) is 11.8 Å². The summed E-state index contributed by atoms with van der Waals surface area (Å²) in [6.45, 7) is 2.80. The number of hydrogen-bond donors (Lipinski definition) is 1. The van der Waals surface area contributed by atoms with E-state index in [4.69, 9.17) is 0 Å². The number of rotatable bonds is 6. The number of sulfonamides is 1. The minimum absolute atomic E-state index is 0.391. The number of nitrogens with one attached hydrogen (secondary N) is 1. The predicted octanol–water partition coefficient (Wildman–Crippen LogP) is 2.68. The van der Waals surface area contributed by atoms with Crippen LogP contribution in [0.5, 0.6) is 0 Å². The Morgan fingerprint density at radius 1 is 1.20 bits per heavy atom. The van der Waals surface area contributed by atoms with Crippen LogP contribution in [0, 0.1) is 0 Å². The standard InChI is InChI=1S/C14H18N2O2S2/c1-3-16(12-7-5-4-6-8-12)20(17,18)14-9-10-19-13(14)11-15-2/h4-10,15H,3,11H2,1-2H3. The lowest BCUT2D eigenvalue weighted by Gasteiger charge is -2.23. The van der Waals surface area contributed by atoms with Gasteiger partial charge in [-0.05, 0) is 37.6 Å². The van der Waals surface area contributed by atoms with Crippen LogP contribution in [0.25, 0.3) is 0 Å². The Morgan fingerprint density at radius 3 is 2.50 bits per heavy atom. The van der Waals surface area contributed by atoms with Gasteiger partial charge in [0.05, 0.1) is 5.69 Å². The first kappa shape index (κ1) is 15.0. The fourth-order valence-corrected chi connectivity index (χ4v) is 4.96. The zero-order chi connectivity index (χ0) is 14.6. The molecule has 4 nitrogen and oxygen atoms in total. The third kappa shape index (κ3) is 2.87. The normalized spacial score (nSPS) is 11.5. The van der Waals surface area contributed by atoms with Crippen molar-refractivity contribution < 1.29 is 8.42 Å². The molecule has 0 amide bonds. The van der Waals surface area contributed by atoms with Crippen molar-refractivity contribution in [3.63, 3.8) is 0 Å². The van der Waals surface area contributed by atoms with Gasteiger partial charge in [-0.3, -0.25) is 4.31 Å². The van der Waals surface area contributed by atoms with Crippen molar-refractivity contribution in [3.05, 3.63) is 46.7 Å². The van der Waals surface area contributed by atoms with E-state index in [1.54, 1.807) is 6.07 Å². The lowest BCUT2D eigenvalue weighted by Crippen LogP contribution is -2.31. The van der Waals surface area contributed by atoms with Crippen molar-refractivity contribution >= 4 is 27.0 Å². The molecular weight excluding hydrogens is 292 g/mol. The van der Waals surface area contributed by atoms with Gasteiger partial charge < -0.3 is 5.32 Å². The zero-order valence-electron chi connectivity index (χ0n) is 11.5. The van der Waals surface area contributed by atoms with E-state index in [1.165, 1.54) is 15.6 Å². The molecule has 0 aliphatic rings. The van der Waals surface area contributed by atoms with E-state index in [1.807, 2.05) is 49.7 Å². The van der Waals surface area contributed by atoms with Crippen molar-refractivity contribution in [1.29, 1.82) is 0 Å². The number of nitrogens with zero attached hydrogens (tertiary/aromatic N) is 1. The zero-order valence-corrected chi connectivity index (χ0v) is 13.2. The van der Waals surface area contributed by atoms with Gasteiger partial charge in [-0.15, -0.1) is 11.3 Å². The Hall–Kier alpha value is -1.37. The quantitative estimate of drug-likeness (QED) is 0.892. The molecule has 20 heavy (non-hydrogen) atoms. The van der Waals surface area contributed by atoms with Crippen LogP contribution in [0.3, 0.4) is 0 Å². The Bertz CT molecular complexity index is 651. The average Bonchev–Trinajstić information content (AvgIpc) is 2.90. The van der Waals surface area contributed by atoms with Crippen molar-refractivity contribution in [2.75, 3.05) is 17.9 Å². The van der Waals surface area contributed by atoms with E-state index in [0.29, 0.717) is 23.7 Å². The minimum atomic E-state index is -3.51. The number of anilines is 1. The van der Waals surface area contributed by atoms with Gasteiger partial charge in [-0.2, -0.15) is 0 Å². The Labute approximate surface area is 124 Å². The van der Waals surface area contributed by atoms with Gasteiger partial charge in [0.25, 0.3) is 10.0 Å². The van der Waals surface area contributed by atoms with Gasteiger partial charge in [-0.1, -0.05) is 18.2 Å². The molecule has 0 aliphatic carbocycles. The number of thiophene rings is 1. The largest absolute Gasteiger partial charge is 0.315 e. The van der Waals surface area contributed by atoms with E-state index in [-0.39, 0.29) is 0 Å². The smallest absolute Gasteiger partial charge is 0.265 e. The van der Waals surface area contributed by atoms with E-state index >= 15 is 0 Å². The lowest BCUT2D eigenvalue weighted by molar-refractivity contribution is 0.590. The SMILES string of the molecule is CCN(c1ccccc1)S(=O)(=O)c1ccsc1CNC. The molecule has 0 radical (unpaired) electrons. The second-order valence-electron chi connectivity index (χ2n) is 4.24. The molecule has 0 fully saturated rings. The molecule has 1 aromatic heterocycles. The second kappa shape index (κ2) is 6.39. The summed E-state index contributed by atoms with van der Waals surface area (Å²) in [5.41, 5.74) is 0.691. The molecule has 2 rings (SSSR count). The molecule has 2 aromatic rings. The summed E-state index contributed by atoms with van der Waals surface area (Å²) in [5, 5.41) is 4.82. The van der Waals surface area contributed by atoms with Gasteiger partial charge in [0, 0.05) is 18.0 Å². The maximum atomic E-state index is 12.8. The summed E-state index contributed by atoms with van der Waals surface area (Å²) < 4.78 is 27.1. The molecule has 0 aliphatic heterocycles. The topological polar surface area (TPSA) is 49.4 Å². The highest BCUT2D eigenvalue weighted by molar-refractivity contribution is 7.93. The van der Waals surface area contributed by atoms with Crippen molar-refractivity contribution in [2.24, 2.45) is 0 Å². The molecule has 0 saturated heterocycles. The molecule has 1 aromatic carbocycles. The molecule has 1 N–H and O–H groups in total. The third-order valence-corrected chi connectivity index (χ3v) is 5.98. The number of benzene rings is 1. The number of para-hydroxylation sites is 1. The van der Waals surface area contributed by atoms with Crippen LogP contribution < -0.4 is 9.62 Å². The number of hydrogen-bond acceptors (Lipinski definition) is 4. The first-order valence-electron chi connectivity index (χ1n) is 6.40. The van der Waals surface area contributed by atoms with Crippen LogP contribution in [-0.2, 0) is 16.6 Å². The molecule has 0 unspecified atom stereocenters. The maximum absolute atomic E-state index is 12.8. The third-order valence-electron chi connectivity index (χ3n) is 2.94. The summed E-state index contributed by atoms with van der Waals surface area (Å²) >= 11 is 1.46. The van der Waals surface area contributed by atoms with Gasteiger partial charge in [0.15, 0.2) is 0 Å². The summed E-state index contributed by atoms with van der Waals surface area (Å²) in [6, 6.07) is 10.9. The Morgan fingerprint density at radius 2 is 1.90 bits per heavy atom. The Balaban J connectivity index is 2.45. The van der Waals surface area contributed by atoms with Gasteiger partial charge in [0.1, 0.15) is 4.90 Å². The first-order chi connectivity index (χ1) is 9.61. The lowest BCUT2D eigenvalue weighted by atomic mass is 10.3.